The van der Waals surface area contributed by atoms with Crippen LogP contribution in [0.25, 0.3) is 12.2 Å². The summed E-state index contributed by atoms with van der Waals surface area (Å²) in [6.45, 7) is 0. The van der Waals surface area contributed by atoms with Gasteiger partial charge < -0.3 is 50.3 Å². The monoisotopic (exact) mass is 558 g/mol. The molecule has 2 aromatic rings. The minimum Gasteiger partial charge on any atom is -0.504 e. The number of aliphatic carboxylic acids is 1. The number of hydrogen-bond acceptors (Lipinski definition) is 12. The number of carbonyl (C=O) groups excluding carboxylic acids is 2. The number of ether oxygens (including phenoxy) is 2. The summed E-state index contributed by atoms with van der Waals surface area (Å²) in [6.07, 6.45) is -2.49. The van der Waals surface area contributed by atoms with Crippen molar-refractivity contribution in [1.29, 1.82) is 0 Å². The Balaban J connectivity index is 1.59. The van der Waals surface area contributed by atoms with Gasteiger partial charge in [-0.2, -0.15) is 0 Å². The van der Waals surface area contributed by atoms with Crippen molar-refractivity contribution < 1.29 is 64.7 Å². The van der Waals surface area contributed by atoms with Crippen molar-refractivity contribution in [1.82, 2.24) is 0 Å². The predicted molar refractivity (Wildman–Crippen MR) is 134 cm³/mol. The van der Waals surface area contributed by atoms with E-state index in [2.05, 4.69) is 0 Å². The molecule has 2 aliphatic carbocycles. The molecule has 0 heterocycles. The summed E-state index contributed by atoms with van der Waals surface area (Å²) >= 11 is 0. The quantitative estimate of drug-likeness (QED) is 0.106. The molecule has 0 aliphatic heterocycles. The van der Waals surface area contributed by atoms with Crippen LogP contribution < -0.4 is 0 Å². The van der Waals surface area contributed by atoms with Crippen LogP contribution in [0.4, 0.5) is 0 Å². The van der Waals surface area contributed by atoms with Gasteiger partial charge >= 0.3 is 17.9 Å². The molecule has 4 atom stereocenters. The van der Waals surface area contributed by atoms with Crippen LogP contribution in [0.15, 0.2) is 42.0 Å². The zero-order valence-electron chi connectivity index (χ0n) is 20.7. The zero-order chi connectivity index (χ0) is 29.4. The fraction of sp³-hybridized carbons (Fsp3) is 0.296. The fourth-order valence-corrected chi connectivity index (χ4v) is 4.54. The highest BCUT2D eigenvalue weighted by molar-refractivity contribution is 5.95. The molecule has 2 aliphatic rings. The van der Waals surface area contributed by atoms with Crippen LogP contribution >= 0.6 is 0 Å². The van der Waals surface area contributed by atoms with Gasteiger partial charge in [-0.15, -0.1) is 0 Å². The summed E-state index contributed by atoms with van der Waals surface area (Å²) in [5.41, 5.74) is -1.35. The summed E-state index contributed by atoms with van der Waals surface area (Å²) in [5.74, 6) is -8.70. The second kappa shape index (κ2) is 10.5. The Morgan fingerprint density at radius 3 is 2.25 bits per heavy atom. The number of phenols is 4. The van der Waals surface area contributed by atoms with Gasteiger partial charge in [-0.1, -0.05) is 6.07 Å². The van der Waals surface area contributed by atoms with Crippen molar-refractivity contribution in [3.63, 3.8) is 0 Å². The second-order valence-electron chi connectivity index (χ2n) is 9.62. The average Bonchev–Trinajstić information content (AvgIpc) is 2.88. The number of phenolic OH excluding ortho intramolecular Hbond substituents is 4. The van der Waals surface area contributed by atoms with Gasteiger partial charge in [-0.3, -0.25) is 0 Å². The largest absolute Gasteiger partial charge is 0.504 e. The number of fused-ring (bicyclic) bond motifs is 1. The molecule has 1 fully saturated rings. The first-order chi connectivity index (χ1) is 18.7. The number of carboxylic acid groups (broad SMARTS) is 1. The molecule has 40 heavy (non-hydrogen) atoms. The third kappa shape index (κ3) is 5.57. The molecule has 0 amide bonds. The molecule has 1 saturated carbocycles. The standard InChI is InChI=1S/C27H26O13/c28-17-5-1-13(7-18(17)29)2-6-23(33)40-27(38)21(32)11-26(37,25(35)36)12-22(27)39-24(34)15-4-3-14-9-19(30)20(31)10-16(14)8-15/h1-2,5-10,21-22,28-32,37-38H,3-4,11-12H2,(H,35,36)/t21-,22-,26-,27-/m1/s1. The Hall–Kier alpha value is -4.59. The first-order valence-corrected chi connectivity index (χ1v) is 12.0. The fourth-order valence-electron chi connectivity index (χ4n) is 4.54. The van der Waals surface area contributed by atoms with Crippen molar-refractivity contribution in [3.05, 3.63) is 58.7 Å². The molecule has 4 rings (SSSR count). The van der Waals surface area contributed by atoms with E-state index in [1.807, 2.05) is 0 Å². The lowest BCUT2D eigenvalue weighted by Gasteiger charge is -2.45. The van der Waals surface area contributed by atoms with Gasteiger partial charge in [0.2, 0.25) is 0 Å². The predicted octanol–water partition coefficient (Wildman–Crippen LogP) is 0.666. The summed E-state index contributed by atoms with van der Waals surface area (Å²) in [7, 11) is 0. The summed E-state index contributed by atoms with van der Waals surface area (Å²) in [5, 5.41) is 80.2. The Morgan fingerprint density at radius 1 is 0.900 bits per heavy atom. The van der Waals surface area contributed by atoms with E-state index in [1.165, 1.54) is 24.3 Å². The SMILES string of the molecule is O=C(C=Cc1ccc(O)c(O)c1)O[C@]1(O)[C@H](O)C[C@](O)(C(=O)O)C[C@H]1OC(=O)C1=Cc2cc(O)c(O)cc2CC1. The number of aromatic hydroxyl groups is 4. The Kier molecular flexibility index (Phi) is 7.48. The molecule has 0 aromatic heterocycles. The maximum Gasteiger partial charge on any atom is 0.335 e. The number of aliphatic hydroxyl groups excluding tert-OH is 1. The van der Waals surface area contributed by atoms with Gasteiger partial charge in [0.05, 0.1) is 0 Å². The van der Waals surface area contributed by atoms with Crippen LogP contribution in [0.3, 0.4) is 0 Å². The second-order valence-corrected chi connectivity index (χ2v) is 9.62. The maximum atomic E-state index is 13.0. The van der Waals surface area contributed by atoms with Crippen molar-refractivity contribution in [3.8, 4) is 23.0 Å². The van der Waals surface area contributed by atoms with Gasteiger partial charge in [0.1, 0.15) is 6.10 Å². The molecule has 212 valence electrons. The molecule has 0 radical (unpaired) electrons. The molecular weight excluding hydrogens is 532 g/mol. The first kappa shape index (κ1) is 28.4. The molecule has 0 bridgehead atoms. The number of aryl methyl sites for hydroxylation is 1. The van der Waals surface area contributed by atoms with Gasteiger partial charge in [0.15, 0.2) is 34.7 Å². The maximum absolute atomic E-state index is 13.0. The van der Waals surface area contributed by atoms with E-state index in [4.69, 9.17) is 9.47 Å². The Bertz CT molecular complexity index is 1430. The molecule has 2 aromatic carbocycles. The lowest BCUT2D eigenvalue weighted by molar-refractivity contribution is -0.314. The van der Waals surface area contributed by atoms with E-state index in [0.29, 0.717) is 11.1 Å². The number of hydrogen-bond donors (Lipinski definition) is 8. The molecule has 0 saturated heterocycles. The van der Waals surface area contributed by atoms with Gasteiger partial charge in [0, 0.05) is 24.5 Å². The molecule has 13 nitrogen and oxygen atoms in total. The number of rotatable bonds is 6. The molecule has 0 spiro atoms. The minimum absolute atomic E-state index is 0.0252. The van der Waals surface area contributed by atoms with Crippen LogP contribution in [0.1, 0.15) is 36.0 Å². The number of benzene rings is 2. The van der Waals surface area contributed by atoms with Crippen molar-refractivity contribution in [2.24, 2.45) is 0 Å². The number of esters is 2. The lowest BCUT2D eigenvalue weighted by atomic mass is 9.77. The van der Waals surface area contributed by atoms with E-state index >= 15 is 0 Å². The van der Waals surface area contributed by atoms with Crippen molar-refractivity contribution in [2.45, 2.75) is 49.3 Å². The van der Waals surface area contributed by atoms with Crippen molar-refractivity contribution in [2.75, 3.05) is 0 Å². The topological polar surface area (TPSA) is 232 Å². The summed E-state index contributed by atoms with van der Waals surface area (Å²) in [6, 6.07) is 6.18. The zero-order valence-corrected chi connectivity index (χ0v) is 20.7. The number of carbonyl (C=O) groups is 3. The average molecular weight is 558 g/mol. The van der Waals surface area contributed by atoms with Gasteiger partial charge in [-0.05, 0) is 65.9 Å². The molecule has 0 unspecified atom stereocenters. The van der Waals surface area contributed by atoms with Gasteiger partial charge in [-0.25, -0.2) is 14.4 Å². The molecule has 8 N–H and O–H groups in total. The molecule has 13 heteroatoms. The van der Waals surface area contributed by atoms with Crippen LogP contribution in [-0.4, -0.2) is 82.4 Å². The van der Waals surface area contributed by atoms with E-state index in [0.717, 1.165) is 24.3 Å². The highest BCUT2D eigenvalue weighted by atomic mass is 16.7. The number of aliphatic hydroxyl groups is 3. The van der Waals surface area contributed by atoms with E-state index in [1.54, 1.807) is 0 Å². The normalized spacial score (nSPS) is 26.0. The lowest BCUT2D eigenvalue weighted by Crippen LogP contribution is -2.66. The van der Waals surface area contributed by atoms with Crippen LogP contribution in [0, 0.1) is 0 Å². The van der Waals surface area contributed by atoms with Crippen molar-refractivity contribution >= 4 is 30.1 Å². The summed E-state index contributed by atoms with van der Waals surface area (Å²) in [4.78, 5) is 37.3. The van der Waals surface area contributed by atoms with E-state index in [9.17, 15) is 55.2 Å². The highest BCUT2D eigenvalue weighted by Crippen LogP contribution is 2.40. The number of carboxylic acids is 1. The van der Waals surface area contributed by atoms with Crippen LogP contribution in [-0.2, 0) is 30.3 Å². The van der Waals surface area contributed by atoms with Crippen LogP contribution in [0.5, 0.6) is 23.0 Å². The first-order valence-electron chi connectivity index (χ1n) is 12.0. The third-order valence-electron chi connectivity index (χ3n) is 6.81. The van der Waals surface area contributed by atoms with Gasteiger partial charge in [0.25, 0.3) is 5.79 Å². The molecular formula is C27H26O13. The Labute approximate surface area is 226 Å². The van der Waals surface area contributed by atoms with Crippen LogP contribution in [0.2, 0.25) is 0 Å². The summed E-state index contributed by atoms with van der Waals surface area (Å²) < 4.78 is 10.3. The Morgan fingerprint density at radius 2 is 1.57 bits per heavy atom. The third-order valence-corrected chi connectivity index (χ3v) is 6.81. The highest BCUT2D eigenvalue weighted by Gasteiger charge is 2.61. The smallest absolute Gasteiger partial charge is 0.335 e. The van der Waals surface area contributed by atoms with E-state index < -0.39 is 71.6 Å². The minimum atomic E-state index is -2.97. The van der Waals surface area contributed by atoms with E-state index in [-0.39, 0.29) is 29.7 Å².